The molecule has 0 saturated carbocycles. The van der Waals surface area contributed by atoms with E-state index < -0.39 is 0 Å². The van der Waals surface area contributed by atoms with Gasteiger partial charge < -0.3 is 4.74 Å². The molecule has 0 radical (unpaired) electrons. The Bertz CT molecular complexity index is 574. The van der Waals surface area contributed by atoms with Crippen molar-refractivity contribution in [3.05, 3.63) is 53.1 Å². The molecule has 0 unspecified atom stereocenters. The minimum atomic E-state index is -0.0114. The summed E-state index contributed by atoms with van der Waals surface area (Å²) in [6.07, 6.45) is 0. The van der Waals surface area contributed by atoms with E-state index in [4.69, 9.17) is 16.3 Å². The lowest BCUT2D eigenvalue weighted by molar-refractivity contribution is 0.101. The molecule has 0 atom stereocenters. The van der Waals surface area contributed by atoms with E-state index in [9.17, 15) is 4.79 Å². The van der Waals surface area contributed by atoms with Gasteiger partial charge in [-0.2, -0.15) is 0 Å². The number of ketones is 1. The van der Waals surface area contributed by atoms with E-state index >= 15 is 0 Å². The topological polar surface area (TPSA) is 26.3 Å². The summed E-state index contributed by atoms with van der Waals surface area (Å²) in [5.41, 5.74) is 2.45. The molecule has 0 N–H and O–H groups in total. The van der Waals surface area contributed by atoms with Gasteiger partial charge in [-0.3, -0.25) is 4.79 Å². The molecular weight excluding hydrogens is 248 g/mol. The molecule has 2 aromatic rings. The van der Waals surface area contributed by atoms with Gasteiger partial charge in [0.2, 0.25) is 0 Å². The predicted molar refractivity (Wildman–Crippen MR) is 73.4 cm³/mol. The first-order chi connectivity index (χ1) is 8.63. The Kier molecular flexibility index (Phi) is 3.68. The van der Waals surface area contributed by atoms with Gasteiger partial charge in [0, 0.05) is 10.6 Å². The standard InChI is InChI=1S/C15H13ClO2/c1-10(17)13-4-3-5-14(15(13)18-2)11-6-8-12(16)9-7-11/h3-9H,1-2H3. The van der Waals surface area contributed by atoms with Crippen molar-refractivity contribution in [1.82, 2.24) is 0 Å². The summed E-state index contributed by atoms with van der Waals surface area (Å²) in [6, 6.07) is 13.0. The summed E-state index contributed by atoms with van der Waals surface area (Å²) in [6.45, 7) is 1.53. The van der Waals surface area contributed by atoms with Crippen LogP contribution in [0.4, 0.5) is 0 Å². The Morgan fingerprint density at radius 2 is 1.78 bits per heavy atom. The van der Waals surface area contributed by atoms with Crippen molar-refractivity contribution in [2.75, 3.05) is 7.11 Å². The third-order valence-electron chi connectivity index (χ3n) is 2.75. The number of hydrogen-bond donors (Lipinski definition) is 0. The number of Topliss-reactive ketones (excluding diaryl/α,β-unsaturated/α-hetero) is 1. The maximum atomic E-state index is 11.6. The van der Waals surface area contributed by atoms with Gasteiger partial charge >= 0.3 is 0 Å². The number of halogens is 1. The molecule has 92 valence electrons. The monoisotopic (exact) mass is 260 g/mol. The number of methoxy groups -OCH3 is 1. The highest BCUT2D eigenvalue weighted by Gasteiger charge is 2.13. The molecule has 0 amide bonds. The number of rotatable bonds is 3. The fraction of sp³-hybridized carbons (Fsp3) is 0.133. The zero-order valence-corrected chi connectivity index (χ0v) is 11.0. The highest BCUT2D eigenvalue weighted by molar-refractivity contribution is 6.30. The number of carbonyl (C=O) groups excluding carboxylic acids is 1. The van der Waals surface area contributed by atoms with Crippen molar-refractivity contribution in [2.24, 2.45) is 0 Å². The Morgan fingerprint density at radius 1 is 1.11 bits per heavy atom. The van der Waals surface area contributed by atoms with Crippen LogP contribution in [0.1, 0.15) is 17.3 Å². The molecule has 0 saturated heterocycles. The Hall–Kier alpha value is -1.80. The van der Waals surface area contributed by atoms with Crippen LogP contribution in [0.25, 0.3) is 11.1 Å². The van der Waals surface area contributed by atoms with Crippen molar-refractivity contribution in [3.8, 4) is 16.9 Å². The molecule has 0 aromatic heterocycles. The van der Waals surface area contributed by atoms with Crippen molar-refractivity contribution < 1.29 is 9.53 Å². The van der Waals surface area contributed by atoms with E-state index in [1.165, 1.54) is 6.92 Å². The summed E-state index contributed by atoms with van der Waals surface area (Å²) < 4.78 is 5.37. The van der Waals surface area contributed by atoms with Crippen molar-refractivity contribution >= 4 is 17.4 Å². The molecule has 0 heterocycles. The van der Waals surface area contributed by atoms with Crippen molar-refractivity contribution in [3.63, 3.8) is 0 Å². The zero-order valence-electron chi connectivity index (χ0n) is 10.2. The van der Waals surface area contributed by atoms with Gasteiger partial charge in [-0.25, -0.2) is 0 Å². The molecule has 0 fully saturated rings. The summed E-state index contributed by atoms with van der Waals surface area (Å²) in [5, 5.41) is 0.681. The molecule has 0 bridgehead atoms. The van der Waals surface area contributed by atoms with Gasteiger partial charge in [0.1, 0.15) is 5.75 Å². The van der Waals surface area contributed by atoms with E-state index in [0.29, 0.717) is 16.3 Å². The maximum Gasteiger partial charge on any atom is 0.163 e. The van der Waals surface area contributed by atoms with Gasteiger partial charge in [-0.1, -0.05) is 35.9 Å². The summed E-state index contributed by atoms with van der Waals surface area (Å²) in [4.78, 5) is 11.6. The average molecular weight is 261 g/mol. The highest BCUT2D eigenvalue weighted by atomic mass is 35.5. The third kappa shape index (κ3) is 2.39. The summed E-state index contributed by atoms with van der Waals surface area (Å²) in [5.74, 6) is 0.593. The molecule has 0 aliphatic heterocycles. The second-order valence-corrected chi connectivity index (χ2v) is 4.39. The van der Waals surface area contributed by atoms with Crippen LogP contribution < -0.4 is 4.74 Å². The summed E-state index contributed by atoms with van der Waals surface area (Å²) >= 11 is 5.87. The lowest BCUT2D eigenvalue weighted by Gasteiger charge is -2.12. The van der Waals surface area contributed by atoms with Crippen LogP contribution in [0.15, 0.2) is 42.5 Å². The van der Waals surface area contributed by atoms with E-state index in [-0.39, 0.29) is 5.78 Å². The van der Waals surface area contributed by atoms with Gasteiger partial charge in [-0.05, 0) is 30.7 Å². The number of ether oxygens (including phenoxy) is 1. The van der Waals surface area contributed by atoms with Crippen LogP contribution in [-0.4, -0.2) is 12.9 Å². The second kappa shape index (κ2) is 5.23. The minimum Gasteiger partial charge on any atom is -0.495 e. The van der Waals surface area contributed by atoms with E-state index in [0.717, 1.165) is 11.1 Å². The van der Waals surface area contributed by atoms with Crippen LogP contribution in [0, 0.1) is 0 Å². The Labute approximate surface area is 111 Å². The molecule has 0 aliphatic rings. The van der Waals surface area contributed by atoms with Crippen molar-refractivity contribution in [1.29, 1.82) is 0 Å². The lowest BCUT2D eigenvalue weighted by atomic mass is 10.00. The zero-order chi connectivity index (χ0) is 13.1. The second-order valence-electron chi connectivity index (χ2n) is 3.95. The number of benzene rings is 2. The van der Waals surface area contributed by atoms with Gasteiger partial charge in [-0.15, -0.1) is 0 Å². The smallest absolute Gasteiger partial charge is 0.163 e. The van der Waals surface area contributed by atoms with Gasteiger partial charge in [0.15, 0.2) is 5.78 Å². The van der Waals surface area contributed by atoms with E-state index in [1.807, 2.05) is 36.4 Å². The highest BCUT2D eigenvalue weighted by Crippen LogP contribution is 2.33. The van der Waals surface area contributed by atoms with E-state index in [1.54, 1.807) is 13.2 Å². The van der Waals surface area contributed by atoms with E-state index in [2.05, 4.69) is 0 Å². The first-order valence-electron chi connectivity index (χ1n) is 5.57. The molecule has 2 rings (SSSR count). The molecular formula is C15H13ClO2. The van der Waals surface area contributed by atoms with Crippen LogP contribution in [-0.2, 0) is 0 Å². The molecule has 2 aromatic carbocycles. The quantitative estimate of drug-likeness (QED) is 0.773. The SMILES string of the molecule is COc1c(C(C)=O)cccc1-c1ccc(Cl)cc1. The first-order valence-corrected chi connectivity index (χ1v) is 5.95. The van der Waals surface area contributed by atoms with Crippen LogP contribution in [0.3, 0.4) is 0 Å². The Morgan fingerprint density at radius 3 is 2.33 bits per heavy atom. The average Bonchev–Trinajstić information content (AvgIpc) is 2.38. The molecule has 0 spiro atoms. The maximum absolute atomic E-state index is 11.6. The molecule has 2 nitrogen and oxygen atoms in total. The number of carbonyl (C=O) groups is 1. The van der Waals surface area contributed by atoms with Gasteiger partial charge in [0.25, 0.3) is 0 Å². The first kappa shape index (κ1) is 12.7. The molecule has 3 heteroatoms. The fourth-order valence-corrected chi connectivity index (χ4v) is 2.02. The largest absolute Gasteiger partial charge is 0.495 e. The van der Waals surface area contributed by atoms with Crippen LogP contribution >= 0.6 is 11.6 Å². The number of para-hydroxylation sites is 1. The van der Waals surface area contributed by atoms with Crippen LogP contribution in [0.2, 0.25) is 5.02 Å². The number of hydrogen-bond acceptors (Lipinski definition) is 2. The lowest BCUT2D eigenvalue weighted by Crippen LogP contribution is -1.99. The predicted octanol–water partition coefficient (Wildman–Crippen LogP) is 4.22. The minimum absolute atomic E-state index is 0.0114. The fourth-order valence-electron chi connectivity index (χ4n) is 1.89. The molecule has 18 heavy (non-hydrogen) atoms. The molecule has 0 aliphatic carbocycles. The van der Waals surface area contributed by atoms with Crippen molar-refractivity contribution in [2.45, 2.75) is 6.92 Å². The Balaban J connectivity index is 2.60. The normalized spacial score (nSPS) is 10.2. The summed E-state index contributed by atoms with van der Waals surface area (Å²) in [7, 11) is 1.57. The third-order valence-corrected chi connectivity index (χ3v) is 3.01. The van der Waals surface area contributed by atoms with Crippen LogP contribution in [0.5, 0.6) is 5.75 Å². The van der Waals surface area contributed by atoms with Gasteiger partial charge in [0.05, 0.1) is 12.7 Å².